The van der Waals surface area contributed by atoms with Crippen LogP contribution in [0, 0.1) is 0 Å². The number of fused-ring (bicyclic) bond motifs is 1. The van der Waals surface area contributed by atoms with Crippen molar-refractivity contribution in [2.24, 2.45) is 0 Å². The molecule has 0 saturated carbocycles. The van der Waals surface area contributed by atoms with E-state index in [-0.39, 0.29) is 0 Å². The highest BCUT2D eigenvalue weighted by Gasteiger charge is 2.19. The SMILES string of the molecule is CCCNCc1coc(-c2cccc3c2OCCO3)n1. The van der Waals surface area contributed by atoms with Crippen molar-refractivity contribution < 1.29 is 13.9 Å². The summed E-state index contributed by atoms with van der Waals surface area (Å²) in [6.45, 7) is 4.95. The molecule has 106 valence electrons. The monoisotopic (exact) mass is 274 g/mol. The lowest BCUT2D eigenvalue weighted by Crippen LogP contribution is -2.16. The Hall–Kier alpha value is -2.01. The Morgan fingerprint density at radius 3 is 3.05 bits per heavy atom. The van der Waals surface area contributed by atoms with Gasteiger partial charge in [0.25, 0.3) is 0 Å². The molecule has 0 bridgehead atoms. The van der Waals surface area contributed by atoms with E-state index in [1.165, 1.54) is 0 Å². The molecule has 1 N–H and O–H groups in total. The quantitative estimate of drug-likeness (QED) is 0.849. The van der Waals surface area contributed by atoms with Crippen molar-refractivity contribution >= 4 is 0 Å². The van der Waals surface area contributed by atoms with Crippen LogP contribution < -0.4 is 14.8 Å². The lowest BCUT2D eigenvalue weighted by atomic mass is 10.1. The molecule has 2 aromatic rings. The molecule has 0 saturated heterocycles. The summed E-state index contributed by atoms with van der Waals surface area (Å²) in [5, 5.41) is 3.30. The fourth-order valence-electron chi connectivity index (χ4n) is 2.15. The van der Waals surface area contributed by atoms with Crippen molar-refractivity contribution in [3.05, 3.63) is 30.2 Å². The van der Waals surface area contributed by atoms with Gasteiger partial charge in [-0.2, -0.15) is 0 Å². The van der Waals surface area contributed by atoms with Gasteiger partial charge >= 0.3 is 0 Å². The van der Waals surface area contributed by atoms with E-state index in [4.69, 9.17) is 13.9 Å². The molecular weight excluding hydrogens is 256 g/mol. The van der Waals surface area contributed by atoms with Crippen LogP contribution in [0.15, 0.2) is 28.9 Å². The first-order valence-electron chi connectivity index (χ1n) is 6.92. The summed E-state index contributed by atoms with van der Waals surface area (Å²) in [6, 6.07) is 5.75. The summed E-state index contributed by atoms with van der Waals surface area (Å²) in [7, 11) is 0. The number of aromatic nitrogens is 1. The van der Waals surface area contributed by atoms with Gasteiger partial charge in [0.15, 0.2) is 11.5 Å². The molecule has 2 heterocycles. The Balaban J connectivity index is 1.82. The van der Waals surface area contributed by atoms with E-state index in [0.29, 0.717) is 31.4 Å². The molecule has 1 aromatic carbocycles. The standard InChI is InChI=1S/C15H18N2O3/c1-2-6-16-9-11-10-20-15(17-11)12-4-3-5-13-14(12)19-8-7-18-13/h3-5,10,16H,2,6-9H2,1H3. The van der Waals surface area contributed by atoms with Crippen LogP contribution in [0.4, 0.5) is 0 Å². The lowest BCUT2D eigenvalue weighted by Gasteiger charge is -2.19. The third-order valence-corrected chi connectivity index (χ3v) is 3.08. The Labute approximate surface area is 117 Å². The van der Waals surface area contributed by atoms with Gasteiger partial charge in [0.1, 0.15) is 19.5 Å². The second-order valence-electron chi connectivity index (χ2n) is 4.65. The molecule has 0 unspecified atom stereocenters. The second-order valence-corrected chi connectivity index (χ2v) is 4.65. The van der Waals surface area contributed by atoms with Gasteiger partial charge in [0.2, 0.25) is 5.89 Å². The first kappa shape index (κ1) is 13.0. The van der Waals surface area contributed by atoms with Gasteiger partial charge in [-0.15, -0.1) is 0 Å². The highest BCUT2D eigenvalue weighted by atomic mass is 16.6. The summed E-state index contributed by atoms with van der Waals surface area (Å²) < 4.78 is 16.8. The number of para-hydroxylation sites is 1. The highest BCUT2D eigenvalue weighted by molar-refractivity contribution is 5.68. The van der Waals surface area contributed by atoms with Crippen LogP contribution in [0.5, 0.6) is 11.5 Å². The molecule has 1 aliphatic rings. The maximum atomic E-state index is 5.68. The Bertz CT molecular complexity index is 580. The smallest absolute Gasteiger partial charge is 0.230 e. The topological polar surface area (TPSA) is 56.5 Å². The summed E-state index contributed by atoms with van der Waals surface area (Å²) in [5.74, 6) is 2.03. The molecule has 0 fully saturated rings. The number of hydrogen-bond acceptors (Lipinski definition) is 5. The third-order valence-electron chi connectivity index (χ3n) is 3.08. The summed E-state index contributed by atoms with van der Waals surface area (Å²) >= 11 is 0. The maximum absolute atomic E-state index is 5.68. The van der Waals surface area contributed by atoms with Crippen LogP contribution in [-0.2, 0) is 6.54 Å². The van der Waals surface area contributed by atoms with Crippen LogP contribution in [0.25, 0.3) is 11.5 Å². The first-order valence-corrected chi connectivity index (χ1v) is 6.92. The van der Waals surface area contributed by atoms with Crippen molar-refractivity contribution in [3.63, 3.8) is 0 Å². The normalized spacial score (nSPS) is 13.4. The molecule has 0 amide bonds. The summed E-state index contributed by atoms with van der Waals surface area (Å²) in [6.07, 6.45) is 2.78. The molecule has 0 atom stereocenters. The molecule has 1 aromatic heterocycles. The summed E-state index contributed by atoms with van der Waals surface area (Å²) in [4.78, 5) is 4.50. The lowest BCUT2D eigenvalue weighted by molar-refractivity contribution is 0.172. The number of nitrogens with one attached hydrogen (secondary N) is 1. The number of ether oxygens (including phenoxy) is 2. The van der Waals surface area contributed by atoms with E-state index in [9.17, 15) is 0 Å². The van der Waals surface area contributed by atoms with E-state index in [1.54, 1.807) is 6.26 Å². The molecule has 3 rings (SSSR count). The van der Waals surface area contributed by atoms with E-state index in [2.05, 4.69) is 17.2 Å². The van der Waals surface area contributed by atoms with Crippen molar-refractivity contribution in [2.45, 2.75) is 19.9 Å². The highest BCUT2D eigenvalue weighted by Crippen LogP contribution is 2.39. The third kappa shape index (κ3) is 2.63. The number of rotatable bonds is 5. The van der Waals surface area contributed by atoms with Crippen LogP contribution in [0.2, 0.25) is 0 Å². The molecule has 5 heteroatoms. The fourth-order valence-corrected chi connectivity index (χ4v) is 2.15. The Kier molecular flexibility index (Phi) is 3.87. The van der Waals surface area contributed by atoms with Crippen LogP contribution in [-0.4, -0.2) is 24.7 Å². The van der Waals surface area contributed by atoms with Crippen molar-refractivity contribution in [1.29, 1.82) is 0 Å². The number of nitrogens with zero attached hydrogens (tertiary/aromatic N) is 1. The van der Waals surface area contributed by atoms with Gasteiger partial charge in [-0.25, -0.2) is 4.98 Å². The molecule has 0 spiro atoms. The minimum Gasteiger partial charge on any atom is -0.486 e. The minimum absolute atomic E-state index is 0.551. The van der Waals surface area contributed by atoms with E-state index in [0.717, 1.165) is 30.0 Å². The van der Waals surface area contributed by atoms with Crippen LogP contribution >= 0.6 is 0 Å². The Morgan fingerprint density at radius 1 is 1.25 bits per heavy atom. The van der Waals surface area contributed by atoms with Gasteiger partial charge in [0.05, 0.1) is 11.3 Å². The van der Waals surface area contributed by atoms with Gasteiger partial charge in [-0.05, 0) is 25.1 Å². The van der Waals surface area contributed by atoms with E-state index >= 15 is 0 Å². The van der Waals surface area contributed by atoms with Gasteiger partial charge in [-0.1, -0.05) is 13.0 Å². The zero-order valence-electron chi connectivity index (χ0n) is 11.5. The minimum atomic E-state index is 0.551. The molecule has 5 nitrogen and oxygen atoms in total. The van der Waals surface area contributed by atoms with E-state index < -0.39 is 0 Å². The zero-order valence-corrected chi connectivity index (χ0v) is 11.5. The zero-order chi connectivity index (χ0) is 13.8. The van der Waals surface area contributed by atoms with Crippen LogP contribution in [0.1, 0.15) is 19.0 Å². The van der Waals surface area contributed by atoms with Crippen molar-refractivity contribution in [2.75, 3.05) is 19.8 Å². The predicted octanol–water partition coefficient (Wildman–Crippen LogP) is 2.61. The molecule has 0 aliphatic carbocycles. The number of benzene rings is 1. The second kappa shape index (κ2) is 5.96. The molecular formula is C15H18N2O3. The van der Waals surface area contributed by atoms with Gasteiger partial charge in [-0.3, -0.25) is 0 Å². The van der Waals surface area contributed by atoms with E-state index in [1.807, 2.05) is 18.2 Å². The average Bonchev–Trinajstić information content (AvgIpc) is 2.96. The van der Waals surface area contributed by atoms with Crippen molar-refractivity contribution in [1.82, 2.24) is 10.3 Å². The number of hydrogen-bond donors (Lipinski definition) is 1. The van der Waals surface area contributed by atoms with Crippen LogP contribution in [0.3, 0.4) is 0 Å². The molecule has 0 radical (unpaired) electrons. The largest absolute Gasteiger partial charge is 0.486 e. The maximum Gasteiger partial charge on any atom is 0.230 e. The summed E-state index contributed by atoms with van der Waals surface area (Å²) in [5.41, 5.74) is 1.73. The fraction of sp³-hybridized carbons (Fsp3) is 0.400. The Morgan fingerprint density at radius 2 is 2.15 bits per heavy atom. The molecule has 1 aliphatic heterocycles. The van der Waals surface area contributed by atoms with Gasteiger partial charge in [0, 0.05) is 6.54 Å². The average molecular weight is 274 g/mol. The van der Waals surface area contributed by atoms with Gasteiger partial charge < -0.3 is 19.2 Å². The molecule has 20 heavy (non-hydrogen) atoms. The number of oxazole rings is 1. The first-order chi connectivity index (χ1) is 9.88. The van der Waals surface area contributed by atoms with Crippen molar-refractivity contribution in [3.8, 4) is 23.0 Å². The predicted molar refractivity (Wildman–Crippen MR) is 74.9 cm³/mol.